The smallest absolute Gasteiger partial charge is 0.0566 e. The number of hydrogen-bond donors (Lipinski definition) is 1. The number of hydrogen-bond acceptors (Lipinski definition) is 1. The van der Waals surface area contributed by atoms with Crippen molar-refractivity contribution in [1.82, 2.24) is 0 Å². The summed E-state index contributed by atoms with van der Waals surface area (Å²) in [4.78, 5) is 0. The summed E-state index contributed by atoms with van der Waals surface area (Å²) < 4.78 is 0. The summed E-state index contributed by atoms with van der Waals surface area (Å²) in [5, 5.41) is 9.21. The molecule has 0 amide bonds. The van der Waals surface area contributed by atoms with E-state index in [4.69, 9.17) is 0 Å². The van der Waals surface area contributed by atoms with Gasteiger partial charge in [-0.15, -0.1) is 6.58 Å². The summed E-state index contributed by atoms with van der Waals surface area (Å²) in [5.41, 5.74) is 0. The van der Waals surface area contributed by atoms with E-state index in [0.29, 0.717) is 5.92 Å². The SMILES string of the molecule is C=CCCC(O)C(C)C. The predicted molar refractivity (Wildman–Crippen MR) is 40.3 cm³/mol. The van der Waals surface area contributed by atoms with Gasteiger partial charge in [-0.05, 0) is 18.8 Å². The summed E-state index contributed by atoms with van der Waals surface area (Å²) in [6.07, 6.45) is 3.45. The molecule has 0 saturated heterocycles. The molecular formula is C8H16O. The van der Waals surface area contributed by atoms with Gasteiger partial charge in [0.2, 0.25) is 0 Å². The van der Waals surface area contributed by atoms with Crippen LogP contribution in [0.5, 0.6) is 0 Å². The van der Waals surface area contributed by atoms with Crippen LogP contribution in [0.1, 0.15) is 26.7 Å². The van der Waals surface area contributed by atoms with Gasteiger partial charge in [-0.1, -0.05) is 19.9 Å². The van der Waals surface area contributed by atoms with Gasteiger partial charge < -0.3 is 5.11 Å². The highest BCUT2D eigenvalue weighted by molar-refractivity contribution is 4.70. The summed E-state index contributed by atoms with van der Waals surface area (Å²) >= 11 is 0. The van der Waals surface area contributed by atoms with E-state index in [1.165, 1.54) is 0 Å². The van der Waals surface area contributed by atoms with Gasteiger partial charge in [0.1, 0.15) is 0 Å². The summed E-state index contributed by atoms with van der Waals surface area (Å²) in [6.45, 7) is 7.62. The highest BCUT2D eigenvalue weighted by Gasteiger charge is 2.06. The minimum atomic E-state index is -0.150. The first-order chi connectivity index (χ1) is 4.18. The fourth-order valence-corrected chi connectivity index (χ4v) is 0.622. The van der Waals surface area contributed by atoms with Crippen LogP contribution in [0.2, 0.25) is 0 Å². The minimum absolute atomic E-state index is 0.150. The van der Waals surface area contributed by atoms with Gasteiger partial charge in [-0.3, -0.25) is 0 Å². The fourth-order valence-electron chi connectivity index (χ4n) is 0.622. The topological polar surface area (TPSA) is 20.2 Å². The molecule has 1 heteroatoms. The maximum absolute atomic E-state index is 9.21. The van der Waals surface area contributed by atoms with Crippen molar-refractivity contribution in [3.05, 3.63) is 12.7 Å². The van der Waals surface area contributed by atoms with Crippen LogP contribution in [0, 0.1) is 5.92 Å². The van der Waals surface area contributed by atoms with Crippen molar-refractivity contribution in [3.8, 4) is 0 Å². The van der Waals surface area contributed by atoms with Crippen LogP contribution in [0.3, 0.4) is 0 Å². The third-order valence-electron chi connectivity index (χ3n) is 1.44. The zero-order chi connectivity index (χ0) is 7.28. The van der Waals surface area contributed by atoms with Crippen LogP contribution in [0.4, 0.5) is 0 Å². The maximum Gasteiger partial charge on any atom is 0.0566 e. The van der Waals surface area contributed by atoms with E-state index in [9.17, 15) is 5.11 Å². The van der Waals surface area contributed by atoms with Gasteiger partial charge in [0.15, 0.2) is 0 Å². The molecule has 1 nitrogen and oxygen atoms in total. The van der Waals surface area contributed by atoms with Gasteiger partial charge in [-0.2, -0.15) is 0 Å². The average molecular weight is 128 g/mol. The molecule has 1 N–H and O–H groups in total. The molecule has 0 radical (unpaired) electrons. The molecule has 0 aliphatic carbocycles. The first-order valence-electron chi connectivity index (χ1n) is 3.47. The second kappa shape index (κ2) is 4.57. The monoisotopic (exact) mass is 128 g/mol. The van der Waals surface area contributed by atoms with Gasteiger partial charge >= 0.3 is 0 Å². The maximum atomic E-state index is 9.21. The Morgan fingerprint density at radius 1 is 1.56 bits per heavy atom. The molecule has 0 aromatic rings. The quantitative estimate of drug-likeness (QED) is 0.574. The molecule has 0 spiro atoms. The zero-order valence-electron chi connectivity index (χ0n) is 6.30. The predicted octanol–water partition coefficient (Wildman–Crippen LogP) is 1.97. The van der Waals surface area contributed by atoms with E-state index >= 15 is 0 Å². The standard InChI is InChI=1S/C8H16O/c1-4-5-6-8(9)7(2)3/h4,7-9H,1,5-6H2,2-3H3. The van der Waals surface area contributed by atoms with E-state index in [1.54, 1.807) is 0 Å². The molecule has 0 aromatic heterocycles. The normalized spacial score (nSPS) is 13.8. The van der Waals surface area contributed by atoms with Crippen molar-refractivity contribution in [1.29, 1.82) is 0 Å². The van der Waals surface area contributed by atoms with E-state index in [0.717, 1.165) is 12.8 Å². The van der Waals surface area contributed by atoms with Crippen LogP contribution in [-0.4, -0.2) is 11.2 Å². The second-order valence-electron chi connectivity index (χ2n) is 2.68. The molecule has 0 rings (SSSR count). The molecule has 0 fully saturated rings. The van der Waals surface area contributed by atoms with Crippen LogP contribution in [0.15, 0.2) is 12.7 Å². The van der Waals surface area contributed by atoms with Gasteiger partial charge in [0.25, 0.3) is 0 Å². The molecule has 9 heavy (non-hydrogen) atoms. The Bertz CT molecular complexity index is 76.6. The highest BCUT2D eigenvalue weighted by atomic mass is 16.3. The Balaban J connectivity index is 3.26. The summed E-state index contributed by atoms with van der Waals surface area (Å²) in [7, 11) is 0. The molecule has 0 aliphatic rings. The van der Waals surface area contributed by atoms with Gasteiger partial charge in [0.05, 0.1) is 6.10 Å². The van der Waals surface area contributed by atoms with Crippen molar-refractivity contribution in [3.63, 3.8) is 0 Å². The van der Waals surface area contributed by atoms with Crippen LogP contribution in [-0.2, 0) is 0 Å². The van der Waals surface area contributed by atoms with Crippen molar-refractivity contribution >= 4 is 0 Å². The molecule has 54 valence electrons. The molecule has 0 aliphatic heterocycles. The molecule has 0 heterocycles. The van der Waals surface area contributed by atoms with Crippen molar-refractivity contribution in [2.45, 2.75) is 32.8 Å². The number of aliphatic hydroxyl groups excluding tert-OH is 1. The van der Waals surface area contributed by atoms with Gasteiger partial charge in [-0.25, -0.2) is 0 Å². The van der Waals surface area contributed by atoms with Crippen LogP contribution < -0.4 is 0 Å². The Labute approximate surface area is 57.4 Å². The largest absolute Gasteiger partial charge is 0.393 e. The van der Waals surface area contributed by atoms with Crippen molar-refractivity contribution < 1.29 is 5.11 Å². The Morgan fingerprint density at radius 2 is 2.11 bits per heavy atom. The lowest BCUT2D eigenvalue weighted by molar-refractivity contribution is 0.117. The third kappa shape index (κ3) is 4.22. The molecular weight excluding hydrogens is 112 g/mol. The van der Waals surface area contributed by atoms with Crippen molar-refractivity contribution in [2.24, 2.45) is 5.92 Å². The molecule has 0 saturated carbocycles. The Morgan fingerprint density at radius 3 is 2.44 bits per heavy atom. The number of rotatable bonds is 4. The lowest BCUT2D eigenvalue weighted by Crippen LogP contribution is -2.13. The number of aliphatic hydroxyl groups is 1. The van der Waals surface area contributed by atoms with Gasteiger partial charge in [0, 0.05) is 0 Å². The van der Waals surface area contributed by atoms with Crippen LogP contribution >= 0.6 is 0 Å². The minimum Gasteiger partial charge on any atom is -0.393 e. The van der Waals surface area contributed by atoms with E-state index in [1.807, 2.05) is 19.9 Å². The van der Waals surface area contributed by atoms with Crippen LogP contribution in [0.25, 0.3) is 0 Å². The lowest BCUT2D eigenvalue weighted by atomic mass is 10.0. The molecule has 0 aromatic carbocycles. The molecule has 1 atom stereocenters. The lowest BCUT2D eigenvalue weighted by Gasteiger charge is -2.11. The fraction of sp³-hybridized carbons (Fsp3) is 0.750. The molecule has 1 unspecified atom stereocenters. The van der Waals surface area contributed by atoms with Crippen molar-refractivity contribution in [2.75, 3.05) is 0 Å². The summed E-state index contributed by atoms with van der Waals surface area (Å²) in [5.74, 6) is 0.380. The summed E-state index contributed by atoms with van der Waals surface area (Å²) in [6, 6.07) is 0. The second-order valence-corrected chi connectivity index (χ2v) is 2.68. The average Bonchev–Trinajstić information content (AvgIpc) is 1.82. The highest BCUT2D eigenvalue weighted by Crippen LogP contribution is 2.07. The first kappa shape index (κ1) is 8.70. The van der Waals surface area contributed by atoms with E-state index < -0.39 is 0 Å². The van der Waals surface area contributed by atoms with E-state index in [-0.39, 0.29) is 6.10 Å². The number of allylic oxidation sites excluding steroid dienone is 1. The zero-order valence-corrected chi connectivity index (χ0v) is 6.30. The Kier molecular flexibility index (Phi) is 4.41. The van der Waals surface area contributed by atoms with E-state index in [2.05, 4.69) is 6.58 Å². The third-order valence-corrected chi connectivity index (χ3v) is 1.44. The Hall–Kier alpha value is -0.300. The molecule has 0 bridgehead atoms. The first-order valence-corrected chi connectivity index (χ1v) is 3.47.